The number of benzene rings is 1. The third kappa shape index (κ3) is 2.82. The summed E-state index contributed by atoms with van der Waals surface area (Å²) in [7, 11) is -5.40. The minimum atomic E-state index is -3.70. The van der Waals surface area contributed by atoms with Crippen LogP contribution in [0.25, 0.3) is 0 Å². The molecule has 8 heteroatoms. The number of rotatable bonds is 3. The molecule has 1 aliphatic heterocycles. The van der Waals surface area contributed by atoms with E-state index < -0.39 is 25.9 Å². The molecule has 2 N–H and O–H groups in total. The lowest BCUT2D eigenvalue weighted by Crippen LogP contribution is -2.37. The van der Waals surface area contributed by atoms with Gasteiger partial charge in [0.15, 0.2) is 9.84 Å². The summed E-state index contributed by atoms with van der Waals surface area (Å²) in [5.41, 5.74) is 6.88. The summed E-state index contributed by atoms with van der Waals surface area (Å²) >= 11 is 0. The van der Waals surface area contributed by atoms with Crippen LogP contribution in [0.3, 0.4) is 0 Å². The Morgan fingerprint density at radius 1 is 1.35 bits per heavy atom. The lowest BCUT2D eigenvalue weighted by atomic mass is 10.2. The molecule has 0 saturated carbocycles. The first-order chi connectivity index (χ1) is 9.13. The van der Waals surface area contributed by atoms with E-state index in [-0.39, 0.29) is 16.4 Å². The van der Waals surface area contributed by atoms with Crippen LogP contribution in [-0.2, 0) is 19.9 Å². The highest BCUT2D eigenvalue weighted by molar-refractivity contribution is 7.92. The van der Waals surface area contributed by atoms with Gasteiger partial charge < -0.3 is 5.73 Å². The van der Waals surface area contributed by atoms with Gasteiger partial charge in [-0.25, -0.2) is 16.8 Å². The van der Waals surface area contributed by atoms with Crippen LogP contribution in [0.1, 0.15) is 12.0 Å². The molecule has 0 spiro atoms. The number of nitrogens with two attached hydrogens (primary N) is 1. The van der Waals surface area contributed by atoms with Crippen LogP contribution in [0.15, 0.2) is 23.1 Å². The van der Waals surface area contributed by atoms with Crippen molar-refractivity contribution in [3.63, 3.8) is 0 Å². The van der Waals surface area contributed by atoms with Gasteiger partial charge in [-0.3, -0.25) is 0 Å². The summed E-state index contributed by atoms with van der Waals surface area (Å²) in [5.74, 6) is -0.0744. The molecular weight excluding hydrogens is 300 g/mol. The minimum absolute atomic E-state index is 0.0400. The number of aryl methyl sites for hydroxylation is 1. The summed E-state index contributed by atoms with van der Waals surface area (Å²) < 4.78 is 49.1. The van der Waals surface area contributed by atoms with Gasteiger partial charge in [-0.1, -0.05) is 0 Å². The number of nitrogens with zero attached hydrogens (tertiary/aromatic N) is 1. The first-order valence-corrected chi connectivity index (χ1v) is 9.44. The topological polar surface area (TPSA) is 97.5 Å². The van der Waals surface area contributed by atoms with Crippen molar-refractivity contribution in [2.75, 3.05) is 24.3 Å². The van der Waals surface area contributed by atoms with Crippen molar-refractivity contribution in [1.29, 1.82) is 0 Å². The monoisotopic (exact) mass is 318 g/mol. The third-order valence-corrected chi connectivity index (χ3v) is 7.30. The number of nitrogen functional groups attached to an aromatic ring is 1. The minimum Gasteiger partial charge on any atom is -0.399 e. The van der Waals surface area contributed by atoms with Gasteiger partial charge in [0.05, 0.1) is 16.4 Å². The fraction of sp³-hybridized carbons (Fsp3) is 0.500. The predicted octanol–water partition coefficient (Wildman–Crippen LogP) is 0.385. The zero-order chi connectivity index (χ0) is 15.1. The Morgan fingerprint density at radius 2 is 2.00 bits per heavy atom. The maximum absolute atomic E-state index is 12.5. The molecule has 2 rings (SSSR count). The Bertz CT molecular complexity index is 726. The Labute approximate surface area is 119 Å². The van der Waals surface area contributed by atoms with E-state index >= 15 is 0 Å². The fourth-order valence-corrected chi connectivity index (χ4v) is 5.57. The van der Waals surface area contributed by atoms with Crippen molar-refractivity contribution >= 4 is 25.5 Å². The average molecular weight is 318 g/mol. The zero-order valence-corrected chi connectivity index (χ0v) is 13.0. The van der Waals surface area contributed by atoms with Crippen molar-refractivity contribution in [2.24, 2.45) is 0 Å². The highest BCUT2D eigenvalue weighted by Gasteiger charge is 2.36. The molecule has 1 fully saturated rings. The van der Waals surface area contributed by atoms with E-state index in [2.05, 4.69) is 0 Å². The third-order valence-electron chi connectivity index (χ3n) is 3.64. The fourth-order valence-electron chi connectivity index (χ4n) is 2.23. The smallest absolute Gasteiger partial charge is 0.243 e. The molecule has 0 radical (unpaired) electrons. The summed E-state index contributed by atoms with van der Waals surface area (Å²) in [5, 5.41) is 0. The average Bonchev–Trinajstić information content (AvgIpc) is 2.72. The number of sulfonamides is 1. The predicted molar refractivity (Wildman–Crippen MR) is 77.6 cm³/mol. The molecule has 6 nitrogen and oxygen atoms in total. The lowest BCUT2D eigenvalue weighted by Gasteiger charge is -2.23. The molecule has 1 atom stereocenters. The van der Waals surface area contributed by atoms with Crippen LogP contribution in [0.5, 0.6) is 0 Å². The SMILES string of the molecule is Cc1cc(S(=O)(=O)N(C)C2CCS(=O)(=O)C2)ccc1N. The number of hydrogen-bond acceptors (Lipinski definition) is 5. The van der Waals surface area contributed by atoms with Crippen LogP contribution >= 0.6 is 0 Å². The first-order valence-electron chi connectivity index (χ1n) is 6.18. The zero-order valence-electron chi connectivity index (χ0n) is 11.4. The maximum Gasteiger partial charge on any atom is 0.243 e. The largest absolute Gasteiger partial charge is 0.399 e. The van der Waals surface area contributed by atoms with Crippen LogP contribution in [0, 0.1) is 6.92 Å². The molecule has 112 valence electrons. The van der Waals surface area contributed by atoms with Gasteiger partial charge in [0.1, 0.15) is 0 Å². The molecular formula is C12H18N2O4S2. The van der Waals surface area contributed by atoms with E-state index in [0.29, 0.717) is 17.7 Å². The summed E-state index contributed by atoms with van der Waals surface area (Å²) in [4.78, 5) is 0.135. The van der Waals surface area contributed by atoms with E-state index in [0.717, 1.165) is 4.31 Å². The Hall–Kier alpha value is -1.12. The molecule has 0 aromatic heterocycles. The molecule has 1 aromatic rings. The first kappa shape index (κ1) is 15.3. The summed E-state index contributed by atoms with van der Waals surface area (Å²) in [6, 6.07) is 3.99. The maximum atomic E-state index is 12.5. The second-order valence-corrected chi connectivity index (χ2v) is 9.32. The molecule has 0 aliphatic carbocycles. The second-order valence-electron chi connectivity index (χ2n) is 5.10. The highest BCUT2D eigenvalue weighted by Crippen LogP contribution is 2.25. The highest BCUT2D eigenvalue weighted by atomic mass is 32.2. The van der Waals surface area contributed by atoms with Crippen LogP contribution in [-0.4, -0.2) is 45.7 Å². The number of hydrogen-bond donors (Lipinski definition) is 1. The van der Waals surface area contributed by atoms with Gasteiger partial charge >= 0.3 is 0 Å². The van der Waals surface area contributed by atoms with Crippen molar-refractivity contribution in [3.8, 4) is 0 Å². The van der Waals surface area contributed by atoms with E-state index in [1.54, 1.807) is 13.0 Å². The van der Waals surface area contributed by atoms with Gasteiger partial charge in [0, 0.05) is 18.8 Å². The number of anilines is 1. The van der Waals surface area contributed by atoms with Crippen LogP contribution < -0.4 is 5.73 Å². The van der Waals surface area contributed by atoms with E-state index in [9.17, 15) is 16.8 Å². The molecule has 1 heterocycles. The molecule has 0 amide bonds. The van der Waals surface area contributed by atoms with E-state index in [4.69, 9.17) is 5.73 Å². The quantitative estimate of drug-likeness (QED) is 0.813. The van der Waals surface area contributed by atoms with Crippen molar-refractivity contribution < 1.29 is 16.8 Å². The Balaban J connectivity index is 2.32. The molecule has 0 bridgehead atoms. The van der Waals surface area contributed by atoms with Gasteiger partial charge in [-0.15, -0.1) is 0 Å². The molecule has 1 aromatic carbocycles. The normalized spacial score (nSPS) is 22.2. The van der Waals surface area contributed by atoms with Crippen molar-refractivity contribution in [3.05, 3.63) is 23.8 Å². The molecule has 1 aliphatic rings. The Morgan fingerprint density at radius 3 is 2.50 bits per heavy atom. The molecule has 1 unspecified atom stereocenters. The van der Waals surface area contributed by atoms with Gasteiger partial charge in [0.2, 0.25) is 10.0 Å². The second kappa shape index (κ2) is 5.01. The van der Waals surface area contributed by atoms with E-state index in [1.165, 1.54) is 19.2 Å². The summed E-state index contributed by atoms with van der Waals surface area (Å²) in [6.07, 6.45) is 0.339. The summed E-state index contributed by atoms with van der Waals surface area (Å²) in [6.45, 7) is 1.73. The van der Waals surface area contributed by atoms with Gasteiger partial charge in [0.25, 0.3) is 0 Å². The van der Waals surface area contributed by atoms with Crippen LogP contribution in [0.2, 0.25) is 0 Å². The van der Waals surface area contributed by atoms with Crippen molar-refractivity contribution in [1.82, 2.24) is 4.31 Å². The Kier molecular flexibility index (Phi) is 3.83. The lowest BCUT2D eigenvalue weighted by molar-refractivity contribution is 0.394. The van der Waals surface area contributed by atoms with Crippen LogP contribution in [0.4, 0.5) is 5.69 Å². The molecule has 20 heavy (non-hydrogen) atoms. The molecule has 1 saturated heterocycles. The van der Waals surface area contributed by atoms with E-state index in [1.807, 2.05) is 0 Å². The van der Waals surface area contributed by atoms with Gasteiger partial charge in [-0.05, 0) is 37.1 Å². The van der Waals surface area contributed by atoms with Gasteiger partial charge in [-0.2, -0.15) is 4.31 Å². The standard InChI is InChI=1S/C12H18N2O4S2/c1-9-7-11(3-4-12(9)13)20(17,18)14(2)10-5-6-19(15,16)8-10/h3-4,7,10H,5-6,8,13H2,1-2H3. The van der Waals surface area contributed by atoms with Crippen molar-refractivity contribution in [2.45, 2.75) is 24.3 Å². The number of sulfone groups is 1.